The van der Waals surface area contributed by atoms with Gasteiger partial charge in [0.15, 0.2) is 10.9 Å². The third kappa shape index (κ3) is 4.52. The number of hydrogen-bond donors (Lipinski definition) is 1. The van der Waals surface area contributed by atoms with E-state index < -0.39 is 0 Å². The molecule has 2 aromatic rings. The number of aromatic nitrogens is 3. The maximum atomic E-state index is 12.2. The van der Waals surface area contributed by atoms with Gasteiger partial charge in [0.25, 0.3) is 0 Å². The number of carbonyl (C=O) groups excluding carboxylic acids is 2. The van der Waals surface area contributed by atoms with Gasteiger partial charge in [-0.05, 0) is 44.0 Å². The molecule has 0 spiro atoms. The van der Waals surface area contributed by atoms with Gasteiger partial charge in [0.05, 0.1) is 5.75 Å². The third-order valence-electron chi connectivity index (χ3n) is 4.75. The minimum Gasteiger partial charge on any atom is -0.325 e. The zero-order valence-corrected chi connectivity index (χ0v) is 16.0. The normalized spacial score (nSPS) is 15.0. The number of rotatable bonds is 6. The molecule has 26 heavy (non-hydrogen) atoms. The SMILES string of the molecule is CC(=O)c1ccc(NC(=O)CSc2nnc(C3CCCCC3)n2C)cc1. The highest BCUT2D eigenvalue weighted by molar-refractivity contribution is 7.99. The zero-order chi connectivity index (χ0) is 18.5. The number of benzene rings is 1. The summed E-state index contributed by atoms with van der Waals surface area (Å²) in [5.74, 6) is 1.70. The van der Waals surface area contributed by atoms with Gasteiger partial charge in [0.1, 0.15) is 5.82 Å². The number of amides is 1. The minimum atomic E-state index is -0.104. The highest BCUT2D eigenvalue weighted by Crippen LogP contribution is 2.32. The summed E-state index contributed by atoms with van der Waals surface area (Å²) >= 11 is 1.39. The Kier molecular flexibility index (Phi) is 6.08. The molecule has 1 N–H and O–H groups in total. The van der Waals surface area contributed by atoms with E-state index in [2.05, 4.69) is 15.5 Å². The Balaban J connectivity index is 1.54. The molecule has 0 unspecified atom stereocenters. The smallest absolute Gasteiger partial charge is 0.234 e. The van der Waals surface area contributed by atoms with Crippen molar-refractivity contribution in [2.75, 3.05) is 11.1 Å². The van der Waals surface area contributed by atoms with Crippen molar-refractivity contribution >= 4 is 29.1 Å². The first-order valence-electron chi connectivity index (χ1n) is 8.97. The lowest BCUT2D eigenvalue weighted by Crippen LogP contribution is -2.15. The number of nitrogens with zero attached hydrogens (tertiary/aromatic N) is 3. The summed E-state index contributed by atoms with van der Waals surface area (Å²) in [7, 11) is 1.98. The first kappa shape index (κ1) is 18.6. The number of thioether (sulfide) groups is 1. The average Bonchev–Trinajstić information content (AvgIpc) is 3.02. The first-order chi connectivity index (χ1) is 12.5. The van der Waals surface area contributed by atoms with Gasteiger partial charge in [-0.1, -0.05) is 31.0 Å². The van der Waals surface area contributed by atoms with Crippen molar-refractivity contribution in [3.8, 4) is 0 Å². The number of anilines is 1. The fourth-order valence-electron chi connectivity index (χ4n) is 3.28. The van der Waals surface area contributed by atoms with Crippen LogP contribution in [-0.2, 0) is 11.8 Å². The van der Waals surface area contributed by atoms with Crippen LogP contribution in [-0.4, -0.2) is 32.2 Å². The molecule has 6 nitrogen and oxygen atoms in total. The second-order valence-corrected chi connectivity index (χ2v) is 7.65. The van der Waals surface area contributed by atoms with Gasteiger partial charge < -0.3 is 9.88 Å². The molecular weight excluding hydrogens is 348 g/mol. The van der Waals surface area contributed by atoms with Crippen LogP contribution in [0, 0.1) is 0 Å². The van der Waals surface area contributed by atoms with Gasteiger partial charge in [-0.15, -0.1) is 10.2 Å². The van der Waals surface area contributed by atoms with Crippen molar-refractivity contribution in [3.63, 3.8) is 0 Å². The van der Waals surface area contributed by atoms with Gasteiger partial charge in [0.2, 0.25) is 5.91 Å². The van der Waals surface area contributed by atoms with Gasteiger partial charge in [-0.25, -0.2) is 0 Å². The molecule has 1 aliphatic rings. The van der Waals surface area contributed by atoms with Crippen LogP contribution in [0.25, 0.3) is 0 Å². The number of carbonyl (C=O) groups is 2. The van der Waals surface area contributed by atoms with Gasteiger partial charge in [-0.2, -0.15) is 0 Å². The number of ketones is 1. The third-order valence-corrected chi connectivity index (χ3v) is 5.77. The summed E-state index contributed by atoms with van der Waals surface area (Å²) in [4.78, 5) is 23.4. The van der Waals surface area contributed by atoms with Crippen LogP contribution in [0.15, 0.2) is 29.4 Å². The van der Waals surface area contributed by atoms with Gasteiger partial charge in [-0.3, -0.25) is 9.59 Å². The predicted octanol–water partition coefficient (Wildman–Crippen LogP) is 3.80. The highest BCUT2D eigenvalue weighted by Gasteiger charge is 2.22. The molecule has 1 aromatic heterocycles. The topological polar surface area (TPSA) is 76.9 Å². The molecule has 1 saturated carbocycles. The van der Waals surface area contributed by atoms with Crippen LogP contribution >= 0.6 is 11.8 Å². The molecule has 1 fully saturated rings. The number of Topliss-reactive ketones (excluding diaryl/α,β-unsaturated/α-hetero) is 1. The fourth-order valence-corrected chi connectivity index (χ4v) is 4.00. The van der Waals surface area contributed by atoms with Crippen LogP contribution in [0.3, 0.4) is 0 Å². The van der Waals surface area contributed by atoms with Crippen molar-refractivity contribution in [1.29, 1.82) is 0 Å². The number of hydrogen-bond acceptors (Lipinski definition) is 5. The summed E-state index contributed by atoms with van der Waals surface area (Å²) in [5.41, 5.74) is 1.31. The van der Waals surface area contributed by atoms with Crippen molar-refractivity contribution in [2.45, 2.75) is 50.1 Å². The molecular formula is C19H24N4O2S. The summed E-state index contributed by atoms with van der Waals surface area (Å²) in [6, 6.07) is 6.90. The van der Waals surface area contributed by atoms with Gasteiger partial charge >= 0.3 is 0 Å². The van der Waals surface area contributed by atoms with E-state index in [1.165, 1.54) is 50.8 Å². The molecule has 1 aromatic carbocycles. The lowest BCUT2D eigenvalue weighted by molar-refractivity contribution is -0.113. The standard InChI is InChI=1S/C19H24N4O2S/c1-13(24)14-8-10-16(11-9-14)20-17(25)12-26-19-22-21-18(23(19)2)15-6-4-3-5-7-15/h8-11,15H,3-7,12H2,1-2H3,(H,20,25). The second kappa shape index (κ2) is 8.49. The van der Waals surface area contributed by atoms with E-state index in [9.17, 15) is 9.59 Å². The molecule has 7 heteroatoms. The Morgan fingerprint density at radius 1 is 1.15 bits per heavy atom. The lowest BCUT2D eigenvalue weighted by atomic mass is 9.89. The summed E-state index contributed by atoms with van der Waals surface area (Å²) in [5, 5.41) is 12.2. The molecule has 0 bridgehead atoms. The molecule has 1 aliphatic carbocycles. The van der Waals surface area contributed by atoms with E-state index >= 15 is 0 Å². The highest BCUT2D eigenvalue weighted by atomic mass is 32.2. The van der Waals surface area contributed by atoms with E-state index in [-0.39, 0.29) is 17.4 Å². The Labute approximate surface area is 157 Å². The molecule has 0 radical (unpaired) electrons. The Bertz CT molecular complexity index is 779. The van der Waals surface area contributed by atoms with E-state index in [0.717, 1.165) is 11.0 Å². The molecule has 1 heterocycles. The molecule has 1 amide bonds. The fraction of sp³-hybridized carbons (Fsp3) is 0.474. The van der Waals surface area contributed by atoms with Gasteiger partial charge in [0, 0.05) is 24.2 Å². The maximum absolute atomic E-state index is 12.2. The second-order valence-electron chi connectivity index (χ2n) is 6.71. The van der Waals surface area contributed by atoms with E-state index in [1.54, 1.807) is 24.3 Å². The van der Waals surface area contributed by atoms with Crippen molar-refractivity contribution in [2.24, 2.45) is 7.05 Å². The minimum absolute atomic E-state index is 0.00878. The zero-order valence-electron chi connectivity index (χ0n) is 15.2. The Hall–Kier alpha value is -2.15. The van der Waals surface area contributed by atoms with Crippen LogP contribution in [0.2, 0.25) is 0 Å². The van der Waals surface area contributed by atoms with E-state index in [1.807, 2.05) is 11.6 Å². The van der Waals surface area contributed by atoms with Crippen LogP contribution in [0.1, 0.15) is 61.1 Å². The summed E-state index contributed by atoms with van der Waals surface area (Å²) in [6.45, 7) is 1.52. The summed E-state index contributed by atoms with van der Waals surface area (Å²) < 4.78 is 2.02. The molecule has 0 atom stereocenters. The van der Waals surface area contributed by atoms with Crippen molar-refractivity contribution in [3.05, 3.63) is 35.7 Å². The monoisotopic (exact) mass is 372 g/mol. The van der Waals surface area contributed by atoms with E-state index in [4.69, 9.17) is 0 Å². The largest absolute Gasteiger partial charge is 0.325 e. The predicted molar refractivity (Wildman–Crippen MR) is 103 cm³/mol. The van der Waals surface area contributed by atoms with E-state index in [0.29, 0.717) is 17.2 Å². The molecule has 3 rings (SSSR count). The maximum Gasteiger partial charge on any atom is 0.234 e. The Morgan fingerprint density at radius 3 is 2.50 bits per heavy atom. The first-order valence-corrected chi connectivity index (χ1v) is 9.96. The summed E-state index contributed by atoms with van der Waals surface area (Å²) in [6.07, 6.45) is 6.17. The molecule has 0 aliphatic heterocycles. The Morgan fingerprint density at radius 2 is 1.85 bits per heavy atom. The van der Waals surface area contributed by atoms with Crippen molar-refractivity contribution in [1.82, 2.24) is 14.8 Å². The van der Waals surface area contributed by atoms with Crippen LogP contribution in [0.5, 0.6) is 0 Å². The molecule has 0 saturated heterocycles. The quantitative estimate of drug-likeness (QED) is 0.616. The lowest BCUT2D eigenvalue weighted by Gasteiger charge is -2.20. The average molecular weight is 372 g/mol. The number of nitrogens with one attached hydrogen (secondary N) is 1. The molecule has 138 valence electrons. The van der Waals surface area contributed by atoms with Crippen molar-refractivity contribution < 1.29 is 9.59 Å². The van der Waals surface area contributed by atoms with Crippen LogP contribution in [0.4, 0.5) is 5.69 Å². The van der Waals surface area contributed by atoms with Crippen LogP contribution < -0.4 is 5.32 Å².